The summed E-state index contributed by atoms with van der Waals surface area (Å²) in [4.78, 5) is 13.9. The SMILES string of the molecule is CC1CCN(C[C@@H](O)CNC(=O)C(C)(C)C#N)CC1. The van der Waals surface area contributed by atoms with Crippen molar-refractivity contribution in [2.45, 2.75) is 39.7 Å². The molecule has 1 amide bonds. The van der Waals surface area contributed by atoms with Crippen molar-refractivity contribution in [2.75, 3.05) is 26.2 Å². The highest BCUT2D eigenvalue weighted by Gasteiger charge is 2.27. The Morgan fingerprint density at radius 1 is 1.53 bits per heavy atom. The summed E-state index contributed by atoms with van der Waals surface area (Å²) in [7, 11) is 0. The highest BCUT2D eigenvalue weighted by molar-refractivity contribution is 5.84. The van der Waals surface area contributed by atoms with E-state index in [1.807, 2.05) is 6.07 Å². The van der Waals surface area contributed by atoms with E-state index in [1.54, 1.807) is 13.8 Å². The number of β-amino-alcohol motifs (C(OH)–C–C–N with tert-alkyl or cyclic N) is 1. The number of carbonyl (C=O) groups excluding carboxylic acids is 1. The normalized spacial score (nSPS) is 19.7. The molecular formula is C14H25N3O2. The molecule has 1 heterocycles. The molecule has 0 spiro atoms. The van der Waals surface area contributed by atoms with Crippen LogP contribution in [0.15, 0.2) is 0 Å². The molecule has 0 bridgehead atoms. The van der Waals surface area contributed by atoms with Gasteiger partial charge in [-0.3, -0.25) is 4.79 Å². The third-order valence-corrected chi connectivity index (χ3v) is 3.69. The Kier molecular flexibility index (Phi) is 5.77. The first-order valence-corrected chi connectivity index (χ1v) is 6.95. The fraction of sp³-hybridized carbons (Fsp3) is 0.857. The second kappa shape index (κ2) is 6.88. The summed E-state index contributed by atoms with van der Waals surface area (Å²) in [5.74, 6) is 0.436. The van der Waals surface area contributed by atoms with Crippen LogP contribution in [-0.4, -0.2) is 48.2 Å². The minimum absolute atomic E-state index is 0.204. The molecule has 0 saturated carbocycles. The van der Waals surface area contributed by atoms with Gasteiger partial charge in [0.25, 0.3) is 0 Å². The highest BCUT2D eigenvalue weighted by atomic mass is 16.3. The third kappa shape index (κ3) is 5.17. The Hall–Kier alpha value is -1.12. The molecule has 108 valence electrons. The minimum Gasteiger partial charge on any atom is -0.390 e. The lowest BCUT2D eigenvalue weighted by Gasteiger charge is -2.31. The number of amides is 1. The number of aliphatic hydroxyl groups excluding tert-OH is 1. The first-order valence-electron chi connectivity index (χ1n) is 6.95. The van der Waals surface area contributed by atoms with Crippen LogP contribution in [0.25, 0.3) is 0 Å². The predicted molar refractivity (Wildman–Crippen MR) is 73.2 cm³/mol. The summed E-state index contributed by atoms with van der Waals surface area (Å²) >= 11 is 0. The molecule has 1 aliphatic heterocycles. The monoisotopic (exact) mass is 267 g/mol. The van der Waals surface area contributed by atoms with Crippen LogP contribution in [-0.2, 0) is 4.79 Å². The number of aliphatic hydroxyl groups is 1. The molecule has 1 saturated heterocycles. The summed E-state index contributed by atoms with van der Waals surface area (Å²) < 4.78 is 0. The topological polar surface area (TPSA) is 76.4 Å². The fourth-order valence-electron chi connectivity index (χ4n) is 2.09. The fourth-order valence-corrected chi connectivity index (χ4v) is 2.09. The molecular weight excluding hydrogens is 242 g/mol. The van der Waals surface area contributed by atoms with E-state index in [0.29, 0.717) is 6.54 Å². The Morgan fingerprint density at radius 2 is 2.11 bits per heavy atom. The van der Waals surface area contributed by atoms with Gasteiger partial charge in [0, 0.05) is 13.1 Å². The summed E-state index contributed by atoms with van der Waals surface area (Å²) in [6, 6.07) is 1.95. The number of likely N-dealkylation sites (tertiary alicyclic amines) is 1. The third-order valence-electron chi connectivity index (χ3n) is 3.69. The zero-order valence-electron chi connectivity index (χ0n) is 12.1. The Morgan fingerprint density at radius 3 is 2.63 bits per heavy atom. The Bertz CT molecular complexity index is 341. The quantitative estimate of drug-likeness (QED) is 0.770. The van der Waals surface area contributed by atoms with Gasteiger partial charge in [-0.1, -0.05) is 6.92 Å². The summed E-state index contributed by atoms with van der Waals surface area (Å²) in [6.45, 7) is 8.20. The van der Waals surface area contributed by atoms with Crippen LogP contribution in [0.5, 0.6) is 0 Å². The van der Waals surface area contributed by atoms with E-state index in [9.17, 15) is 9.90 Å². The maximum Gasteiger partial charge on any atom is 0.239 e. The van der Waals surface area contributed by atoms with Gasteiger partial charge in [0.15, 0.2) is 0 Å². The maximum absolute atomic E-state index is 11.7. The van der Waals surface area contributed by atoms with Gasteiger partial charge < -0.3 is 15.3 Å². The number of nitrogens with zero attached hydrogens (tertiary/aromatic N) is 2. The van der Waals surface area contributed by atoms with Crippen molar-refractivity contribution >= 4 is 5.91 Å². The summed E-state index contributed by atoms with van der Waals surface area (Å²) in [5.41, 5.74) is -1.04. The molecule has 1 fully saturated rings. The molecule has 5 nitrogen and oxygen atoms in total. The van der Waals surface area contributed by atoms with E-state index in [2.05, 4.69) is 17.1 Å². The van der Waals surface area contributed by atoms with Crippen molar-refractivity contribution in [2.24, 2.45) is 11.3 Å². The van der Waals surface area contributed by atoms with E-state index >= 15 is 0 Å². The average Bonchev–Trinajstić information content (AvgIpc) is 2.38. The second-order valence-electron chi connectivity index (χ2n) is 6.08. The van der Waals surface area contributed by atoms with Crippen molar-refractivity contribution in [3.8, 4) is 6.07 Å². The lowest BCUT2D eigenvalue weighted by atomic mass is 9.95. The first-order chi connectivity index (χ1) is 8.85. The maximum atomic E-state index is 11.7. The van der Waals surface area contributed by atoms with Gasteiger partial charge in [0.2, 0.25) is 5.91 Å². The van der Waals surface area contributed by atoms with Gasteiger partial charge in [-0.05, 0) is 45.7 Å². The van der Waals surface area contributed by atoms with E-state index in [0.717, 1.165) is 19.0 Å². The van der Waals surface area contributed by atoms with Gasteiger partial charge in [-0.15, -0.1) is 0 Å². The molecule has 0 aliphatic carbocycles. The number of piperidine rings is 1. The molecule has 0 aromatic rings. The van der Waals surface area contributed by atoms with E-state index in [4.69, 9.17) is 5.26 Å². The van der Waals surface area contributed by atoms with Crippen molar-refractivity contribution in [1.29, 1.82) is 5.26 Å². The molecule has 19 heavy (non-hydrogen) atoms. The standard InChI is InChI=1S/C14H25N3O2/c1-11-4-6-17(7-5-11)9-12(18)8-16-13(19)14(2,3)10-15/h11-12,18H,4-9H2,1-3H3,(H,16,19)/t12-/m0/s1. The van der Waals surface area contributed by atoms with Gasteiger partial charge in [0.05, 0.1) is 12.2 Å². The predicted octanol–water partition coefficient (Wildman–Crippen LogP) is 0.745. The molecule has 1 rings (SSSR count). The number of carbonyl (C=O) groups is 1. The zero-order valence-corrected chi connectivity index (χ0v) is 12.1. The van der Waals surface area contributed by atoms with Gasteiger partial charge in [-0.25, -0.2) is 0 Å². The number of rotatable bonds is 5. The smallest absolute Gasteiger partial charge is 0.239 e. The summed E-state index contributed by atoms with van der Waals surface area (Å²) in [6.07, 6.45) is 1.76. The molecule has 0 unspecified atom stereocenters. The zero-order chi connectivity index (χ0) is 14.5. The van der Waals surface area contributed by atoms with Crippen molar-refractivity contribution in [1.82, 2.24) is 10.2 Å². The van der Waals surface area contributed by atoms with Crippen LogP contribution in [0.2, 0.25) is 0 Å². The van der Waals surface area contributed by atoms with Crippen molar-refractivity contribution in [3.05, 3.63) is 0 Å². The molecule has 5 heteroatoms. The lowest BCUT2D eigenvalue weighted by Crippen LogP contribution is -2.45. The van der Waals surface area contributed by atoms with Gasteiger partial charge in [0.1, 0.15) is 5.41 Å². The largest absolute Gasteiger partial charge is 0.390 e. The van der Waals surface area contributed by atoms with Gasteiger partial charge >= 0.3 is 0 Å². The lowest BCUT2D eigenvalue weighted by molar-refractivity contribution is -0.127. The van der Waals surface area contributed by atoms with Crippen LogP contribution in [0, 0.1) is 22.7 Å². The molecule has 0 aromatic carbocycles. The summed E-state index contributed by atoms with van der Waals surface area (Å²) in [5, 5.41) is 21.4. The van der Waals surface area contributed by atoms with Gasteiger partial charge in [-0.2, -0.15) is 5.26 Å². The first kappa shape index (κ1) is 15.9. The number of hydrogen-bond donors (Lipinski definition) is 2. The van der Waals surface area contributed by atoms with Crippen LogP contribution in [0.3, 0.4) is 0 Å². The molecule has 0 aromatic heterocycles. The minimum atomic E-state index is -1.04. The molecule has 1 atom stereocenters. The molecule has 0 radical (unpaired) electrons. The molecule has 1 aliphatic rings. The Balaban J connectivity index is 2.27. The number of nitriles is 1. The highest BCUT2D eigenvalue weighted by Crippen LogP contribution is 2.16. The van der Waals surface area contributed by atoms with Crippen LogP contribution >= 0.6 is 0 Å². The second-order valence-corrected chi connectivity index (χ2v) is 6.08. The van der Waals surface area contributed by atoms with E-state index in [1.165, 1.54) is 12.8 Å². The van der Waals surface area contributed by atoms with E-state index in [-0.39, 0.29) is 12.5 Å². The van der Waals surface area contributed by atoms with Crippen LogP contribution in [0.4, 0.5) is 0 Å². The van der Waals surface area contributed by atoms with Crippen molar-refractivity contribution < 1.29 is 9.90 Å². The number of hydrogen-bond acceptors (Lipinski definition) is 4. The average molecular weight is 267 g/mol. The Labute approximate surface area is 115 Å². The van der Waals surface area contributed by atoms with Crippen LogP contribution in [0.1, 0.15) is 33.6 Å². The van der Waals surface area contributed by atoms with E-state index < -0.39 is 11.5 Å². The van der Waals surface area contributed by atoms with Crippen LogP contribution < -0.4 is 5.32 Å². The number of nitrogens with one attached hydrogen (secondary N) is 1. The molecule has 2 N–H and O–H groups in total. The van der Waals surface area contributed by atoms with Crippen molar-refractivity contribution in [3.63, 3.8) is 0 Å².